The third kappa shape index (κ3) is 5.07. The van der Waals surface area contributed by atoms with E-state index in [1.165, 1.54) is 11.8 Å². The first-order chi connectivity index (χ1) is 14.3. The van der Waals surface area contributed by atoms with Gasteiger partial charge in [-0.15, -0.1) is 11.8 Å². The van der Waals surface area contributed by atoms with Gasteiger partial charge in [0, 0.05) is 29.1 Å². The van der Waals surface area contributed by atoms with Crippen molar-refractivity contribution in [2.75, 3.05) is 23.2 Å². The first kappa shape index (κ1) is 22.4. The summed E-state index contributed by atoms with van der Waals surface area (Å²) in [5.41, 5.74) is 3.93. The van der Waals surface area contributed by atoms with Crippen LogP contribution in [0.25, 0.3) is 0 Å². The van der Waals surface area contributed by atoms with Gasteiger partial charge in [0.25, 0.3) is 5.56 Å². The number of hydrogen-bond donors (Lipinski definition) is 2. The highest BCUT2D eigenvalue weighted by atomic mass is 32.2. The van der Waals surface area contributed by atoms with E-state index in [9.17, 15) is 14.4 Å². The number of nitrogens with one attached hydrogen (secondary N) is 2. The number of carbonyl (C=O) groups excluding carboxylic acids is 2. The second kappa shape index (κ2) is 9.70. The Labute approximate surface area is 184 Å². The Morgan fingerprint density at radius 1 is 1.30 bits per heavy atom. The lowest BCUT2D eigenvalue weighted by atomic mass is 10.1. The normalized spacial score (nSPS) is 16.0. The van der Waals surface area contributed by atoms with Gasteiger partial charge in [-0.1, -0.05) is 17.8 Å². The minimum atomic E-state index is -0.513. The van der Waals surface area contributed by atoms with Gasteiger partial charge < -0.3 is 15.2 Å². The van der Waals surface area contributed by atoms with Crippen LogP contribution < -0.4 is 10.9 Å². The lowest BCUT2D eigenvalue weighted by Gasteiger charge is -2.23. The summed E-state index contributed by atoms with van der Waals surface area (Å²) in [6, 6.07) is 5.25. The molecule has 160 valence electrons. The Morgan fingerprint density at radius 3 is 2.73 bits per heavy atom. The van der Waals surface area contributed by atoms with Gasteiger partial charge in [0.2, 0.25) is 11.8 Å². The molecule has 1 unspecified atom stereocenters. The molecular formula is C21H26N4O3S2. The molecule has 30 heavy (non-hydrogen) atoms. The highest BCUT2D eigenvalue weighted by molar-refractivity contribution is 7.99. The third-order valence-corrected chi connectivity index (χ3v) is 6.85. The lowest BCUT2D eigenvalue weighted by molar-refractivity contribution is -0.136. The molecule has 2 N–H and O–H groups in total. The molecule has 0 spiro atoms. The summed E-state index contributed by atoms with van der Waals surface area (Å²) >= 11 is 2.92. The molecule has 1 atom stereocenters. The Balaban J connectivity index is 1.65. The molecule has 2 amide bonds. The molecule has 0 aliphatic carbocycles. The molecule has 1 aromatic carbocycles. The number of carbonyl (C=O) groups is 2. The lowest BCUT2D eigenvalue weighted by Crippen LogP contribution is -2.44. The minimum absolute atomic E-state index is 0.132. The highest BCUT2D eigenvalue weighted by Gasteiger charge is 2.34. The van der Waals surface area contributed by atoms with E-state index < -0.39 is 6.04 Å². The predicted octanol–water partition coefficient (Wildman–Crippen LogP) is 2.89. The number of aromatic nitrogens is 2. The van der Waals surface area contributed by atoms with Crippen LogP contribution in [0.2, 0.25) is 0 Å². The largest absolute Gasteiger partial charge is 0.324 e. The van der Waals surface area contributed by atoms with Crippen molar-refractivity contribution >= 4 is 41.0 Å². The van der Waals surface area contributed by atoms with E-state index in [1.54, 1.807) is 23.6 Å². The topological polar surface area (TPSA) is 95.2 Å². The van der Waals surface area contributed by atoms with Gasteiger partial charge in [-0.25, -0.2) is 4.98 Å². The second-order valence-electron chi connectivity index (χ2n) is 7.31. The smallest absolute Gasteiger partial charge is 0.254 e. The first-order valence-electron chi connectivity index (χ1n) is 9.69. The number of rotatable bonds is 6. The van der Waals surface area contributed by atoms with Crippen molar-refractivity contribution in [3.8, 4) is 0 Å². The van der Waals surface area contributed by atoms with Gasteiger partial charge in [-0.3, -0.25) is 14.4 Å². The SMILES string of the molecule is CSc1nc(C)c(CCC(=O)N2CSCC2C(=O)Nc2ccc(C)c(C)c2)c(=O)[nH]1. The van der Waals surface area contributed by atoms with E-state index in [1.807, 2.05) is 38.3 Å². The first-order valence-corrected chi connectivity index (χ1v) is 12.1. The zero-order chi connectivity index (χ0) is 21.8. The van der Waals surface area contributed by atoms with Crippen LogP contribution in [0, 0.1) is 20.8 Å². The van der Waals surface area contributed by atoms with Crippen LogP contribution in [-0.4, -0.2) is 50.6 Å². The molecule has 2 aromatic rings. The van der Waals surface area contributed by atoms with Crippen LogP contribution in [-0.2, 0) is 16.0 Å². The van der Waals surface area contributed by atoms with Crippen molar-refractivity contribution in [3.63, 3.8) is 0 Å². The van der Waals surface area contributed by atoms with E-state index >= 15 is 0 Å². The number of thioether (sulfide) groups is 2. The van der Waals surface area contributed by atoms with Crippen LogP contribution in [0.5, 0.6) is 0 Å². The van der Waals surface area contributed by atoms with E-state index in [0.717, 1.165) is 16.8 Å². The zero-order valence-corrected chi connectivity index (χ0v) is 19.2. The summed E-state index contributed by atoms with van der Waals surface area (Å²) in [7, 11) is 0. The number of benzene rings is 1. The van der Waals surface area contributed by atoms with Gasteiger partial charge in [0.15, 0.2) is 5.16 Å². The van der Waals surface area contributed by atoms with Gasteiger partial charge in [0.1, 0.15) is 6.04 Å². The molecule has 1 fully saturated rings. The molecule has 7 nitrogen and oxygen atoms in total. The summed E-state index contributed by atoms with van der Waals surface area (Å²) in [6.45, 7) is 5.79. The van der Waals surface area contributed by atoms with Gasteiger partial charge in [-0.2, -0.15) is 0 Å². The Hall–Kier alpha value is -2.26. The summed E-state index contributed by atoms with van der Waals surface area (Å²) in [4.78, 5) is 46.6. The monoisotopic (exact) mass is 446 g/mol. The third-order valence-electron chi connectivity index (χ3n) is 5.26. The van der Waals surface area contributed by atoms with E-state index in [4.69, 9.17) is 0 Å². The fraction of sp³-hybridized carbons (Fsp3) is 0.429. The predicted molar refractivity (Wildman–Crippen MR) is 122 cm³/mol. The number of amides is 2. The van der Waals surface area contributed by atoms with Crippen molar-refractivity contribution in [1.29, 1.82) is 0 Å². The van der Waals surface area contributed by atoms with E-state index in [-0.39, 0.29) is 23.8 Å². The molecule has 0 bridgehead atoms. The fourth-order valence-electron chi connectivity index (χ4n) is 3.30. The van der Waals surface area contributed by atoms with Crippen LogP contribution in [0.4, 0.5) is 5.69 Å². The minimum Gasteiger partial charge on any atom is -0.324 e. The maximum atomic E-state index is 12.8. The molecular weight excluding hydrogens is 420 g/mol. The van der Waals surface area contributed by atoms with Gasteiger partial charge >= 0.3 is 0 Å². The second-order valence-corrected chi connectivity index (χ2v) is 9.10. The highest BCUT2D eigenvalue weighted by Crippen LogP contribution is 2.24. The molecule has 1 aliphatic rings. The van der Waals surface area contributed by atoms with E-state index in [0.29, 0.717) is 34.5 Å². The van der Waals surface area contributed by atoms with Crippen molar-refractivity contribution < 1.29 is 9.59 Å². The van der Waals surface area contributed by atoms with Crippen LogP contribution in [0.15, 0.2) is 28.2 Å². The number of hydrogen-bond acceptors (Lipinski definition) is 6. The molecule has 9 heteroatoms. The summed E-state index contributed by atoms with van der Waals surface area (Å²) in [6.07, 6.45) is 2.31. The van der Waals surface area contributed by atoms with E-state index in [2.05, 4.69) is 15.3 Å². The molecule has 1 saturated heterocycles. The standard InChI is InChI=1S/C21H26N4O3S2/c1-12-5-6-15(9-13(12)2)23-20(28)17-10-30-11-25(17)18(26)8-7-16-14(3)22-21(29-4)24-19(16)27/h5-6,9,17H,7-8,10-11H2,1-4H3,(H,23,28)(H,22,24,27). The fourth-order valence-corrected chi connectivity index (χ4v) is 4.91. The maximum absolute atomic E-state index is 12.8. The average Bonchev–Trinajstić information content (AvgIpc) is 3.20. The number of aryl methyl sites for hydroxylation is 3. The van der Waals surface area contributed by atoms with Crippen molar-refractivity contribution in [3.05, 3.63) is 50.9 Å². The summed E-state index contributed by atoms with van der Waals surface area (Å²) in [5.74, 6) is 0.721. The number of nitrogens with zero attached hydrogens (tertiary/aromatic N) is 2. The van der Waals surface area contributed by atoms with Gasteiger partial charge in [-0.05, 0) is 56.7 Å². The van der Waals surface area contributed by atoms with Crippen LogP contribution >= 0.6 is 23.5 Å². The molecule has 1 aromatic heterocycles. The average molecular weight is 447 g/mol. The van der Waals surface area contributed by atoms with Gasteiger partial charge in [0.05, 0.1) is 5.88 Å². The maximum Gasteiger partial charge on any atom is 0.254 e. The van der Waals surface area contributed by atoms with Crippen LogP contribution in [0.1, 0.15) is 28.8 Å². The van der Waals surface area contributed by atoms with Crippen molar-refractivity contribution in [2.24, 2.45) is 0 Å². The quantitative estimate of drug-likeness (QED) is 0.523. The summed E-state index contributed by atoms with van der Waals surface area (Å²) < 4.78 is 0. The number of anilines is 1. The van der Waals surface area contributed by atoms with Crippen LogP contribution in [0.3, 0.4) is 0 Å². The molecule has 1 aliphatic heterocycles. The molecule has 3 rings (SSSR count). The van der Waals surface area contributed by atoms with Crippen molar-refractivity contribution in [1.82, 2.24) is 14.9 Å². The number of aromatic amines is 1. The summed E-state index contributed by atoms with van der Waals surface area (Å²) in [5, 5.41) is 3.49. The Morgan fingerprint density at radius 2 is 2.07 bits per heavy atom. The number of H-pyrrole nitrogens is 1. The Kier molecular flexibility index (Phi) is 7.25. The van der Waals surface area contributed by atoms with Crippen molar-refractivity contribution in [2.45, 2.75) is 44.8 Å². The molecule has 0 saturated carbocycles. The zero-order valence-electron chi connectivity index (χ0n) is 17.6. The Bertz CT molecular complexity index is 1020. The molecule has 2 heterocycles. The molecule has 0 radical (unpaired) electrons.